The standard InChI is InChI=1S/C16H23N3O/c1-19(2)16(20)12-7-8-13(17)14(9-12)18-15(10-3-4-10)11-5-6-11/h7-11,15,18H,3-6,17H2,1-2H3. The van der Waals surface area contributed by atoms with Crippen LogP contribution in [-0.4, -0.2) is 30.9 Å². The summed E-state index contributed by atoms with van der Waals surface area (Å²) in [6.45, 7) is 0. The van der Waals surface area contributed by atoms with Gasteiger partial charge in [0.2, 0.25) is 0 Å². The maximum absolute atomic E-state index is 12.0. The molecule has 2 fully saturated rings. The lowest BCUT2D eigenvalue weighted by atomic mass is 10.1. The zero-order valence-corrected chi connectivity index (χ0v) is 12.2. The molecule has 0 unspecified atom stereocenters. The average Bonchev–Trinajstić information content (AvgIpc) is 3.28. The summed E-state index contributed by atoms with van der Waals surface area (Å²) in [5.74, 6) is 1.62. The zero-order chi connectivity index (χ0) is 14.3. The van der Waals surface area contributed by atoms with Gasteiger partial charge in [-0.15, -0.1) is 0 Å². The van der Waals surface area contributed by atoms with Gasteiger partial charge in [0.15, 0.2) is 0 Å². The molecule has 0 heterocycles. The van der Waals surface area contributed by atoms with Gasteiger partial charge >= 0.3 is 0 Å². The van der Waals surface area contributed by atoms with Gasteiger partial charge in [0, 0.05) is 25.7 Å². The number of benzene rings is 1. The zero-order valence-electron chi connectivity index (χ0n) is 12.2. The minimum Gasteiger partial charge on any atom is -0.397 e. The summed E-state index contributed by atoms with van der Waals surface area (Å²) in [7, 11) is 3.53. The fourth-order valence-corrected chi connectivity index (χ4v) is 2.78. The highest BCUT2D eigenvalue weighted by molar-refractivity contribution is 5.95. The van der Waals surface area contributed by atoms with E-state index in [-0.39, 0.29) is 5.91 Å². The van der Waals surface area contributed by atoms with E-state index in [2.05, 4.69) is 5.32 Å². The van der Waals surface area contributed by atoms with Crippen molar-refractivity contribution in [3.63, 3.8) is 0 Å². The fourth-order valence-electron chi connectivity index (χ4n) is 2.78. The van der Waals surface area contributed by atoms with Crippen LogP contribution in [0.4, 0.5) is 11.4 Å². The van der Waals surface area contributed by atoms with Crippen molar-refractivity contribution in [2.45, 2.75) is 31.7 Å². The topological polar surface area (TPSA) is 58.4 Å². The number of rotatable bonds is 5. The Morgan fingerprint density at radius 3 is 2.35 bits per heavy atom. The molecule has 0 aromatic heterocycles. The van der Waals surface area contributed by atoms with Crippen LogP contribution in [0.5, 0.6) is 0 Å². The summed E-state index contributed by atoms with van der Waals surface area (Å²) in [5.41, 5.74) is 8.41. The second-order valence-electron chi connectivity index (χ2n) is 6.35. The van der Waals surface area contributed by atoms with E-state index in [1.165, 1.54) is 25.7 Å². The molecular weight excluding hydrogens is 250 g/mol. The minimum absolute atomic E-state index is 0.0162. The molecular formula is C16H23N3O. The van der Waals surface area contributed by atoms with Crippen LogP contribution in [0.1, 0.15) is 36.0 Å². The Kier molecular flexibility index (Phi) is 3.32. The first-order valence-corrected chi connectivity index (χ1v) is 7.44. The SMILES string of the molecule is CN(C)C(=O)c1ccc(N)c(NC(C2CC2)C2CC2)c1. The Balaban J connectivity index is 1.80. The van der Waals surface area contributed by atoms with Crippen LogP contribution in [0.3, 0.4) is 0 Å². The Labute approximate surface area is 120 Å². The Morgan fingerprint density at radius 1 is 1.25 bits per heavy atom. The highest BCUT2D eigenvalue weighted by Gasteiger charge is 2.41. The van der Waals surface area contributed by atoms with E-state index >= 15 is 0 Å². The van der Waals surface area contributed by atoms with Gasteiger partial charge in [0.1, 0.15) is 0 Å². The molecule has 1 aromatic carbocycles. The molecule has 0 radical (unpaired) electrons. The van der Waals surface area contributed by atoms with E-state index in [4.69, 9.17) is 5.73 Å². The number of nitrogens with one attached hydrogen (secondary N) is 1. The molecule has 0 atom stereocenters. The quantitative estimate of drug-likeness (QED) is 0.811. The molecule has 0 bridgehead atoms. The van der Waals surface area contributed by atoms with E-state index in [0.717, 1.165) is 23.2 Å². The second-order valence-corrected chi connectivity index (χ2v) is 6.35. The summed E-state index contributed by atoms with van der Waals surface area (Å²) in [6, 6.07) is 6.07. The number of hydrogen-bond donors (Lipinski definition) is 2. The largest absolute Gasteiger partial charge is 0.397 e. The summed E-state index contributed by atoms with van der Waals surface area (Å²) >= 11 is 0. The summed E-state index contributed by atoms with van der Waals surface area (Å²) in [4.78, 5) is 13.6. The number of nitrogens with zero attached hydrogens (tertiary/aromatic N) is 1. The maximum atomic E-state index is 12.0. The molecule has 2 aliphatic rings. The third-order valence-corrected chi connectivity index (χ3v) is 4.29. The van der Waals surface area contributed by atoms with Crippen LogP contribution in [-0.2, 0) is 0 Å². The van der Waals surface area contributed by atoms with Crippen LogP contribution in [0.15, 0.2) is 18.2 Å². The predicted octanol–water partition coefficient (Wildman–Crippen LogP) is 2.57. The van der Waals surface area contributed by atoms with E-state index in [9.17, 15) is 4.79 Å². The van der Waals surface area contributed by atoms with E-state index in [1.807, 2.05) is 12.1 Å². The van der Waals surface area contributed by atoms with Gasteiger partial charge < -0.3 is 16.0 Å². The van der Waals surface area contributed by atoms with Crippen LogP contribution >= 0.6 is 0 Å². The van der Waals surface area contributed by atoms with Crippen molar-refractivity contribution in [1.29, 1.82) is 0 Å². The molecule has 0 spiro atoms. The fraction of sp³-hybridized carbons (Fsp3) is 0.562. The number of hydrogen-bond acceptors (Lipinski definition) is 3. The molecule has 4 nitrogen and oxygen atoms in total. The summed E-state index contributed by atoms with van der Waals surface area (Å²) in [5, 5.41) is 3.61. The summed E-state index contributed by atoms with van der Waals surface area (Å²) < 4.78 is 0. The van der Waals surface area contributed by atoms with Crippen molar-refractivity contribution in [1.82, 2.24) is 4.90 Å². The predicted molar refractivity (Wildman–Crippen MR) is 81.7 cm³/mol. The van der Waals surface area contributed by atoms with Gasteiger partial charge in [0.25, 0.3) is 5.91 Å². The van der Waals surface area contributed by atoms with Gasteiger partial charge in [0.05, 0.1) is 11.4 Å². The lowest BCUT2D eigenvalue weighted by molar-refractivity contribution is 0.0827. The Bertz CT molecular complexity index is 506. The Hall–Kier alpha value is -1.71. The first-order chi connectivity index (χ1) is 9.56. The van der Waals surface area contributed by atoms with Crippen molar-refractivity contribution >= 4 is 17.3 Å². The normalized spacial score (nSPS) is 18.1. The van der Waals surface area contributed by atoms with Crippen molar-refractivity contribution in [2.75, 3.05) is 25.1 Å². The molecule has 20 heavy (non-hydrogen) atoms. The van der Waals surface area contributed by atoms with Crippen LogP contribution in [0.2, 0.25) is 0 Å². The molecule has 1 aromatic rings. The Morgan fingerprint density at radius 2 is 1.85 bits per heavy atom. The highest BCUT2D eigenvalue weighted by Crippen LogP contribution is 2.46. The first kappa shape index (κ1) is 13.3. The molecule has 2 aliphatic carbocycles. The second kappa shape index (κ2) is 5.00. The van der Waals surface area contributed by atoms with Gasteiger partial charge in [-0.05, 0) is 55.7 Å². The molecule has 108 valence electrons. The first-order valence-electron chi connectivity index (χ1n) is 7.44. The number of amides is 1. The van der Waals surface area contributed by atoms with E-state index in [1.54, 1.807) is 25.1 Å². The van der Waals surface area contributed by atoms with Gasteiger partial charge in [-0.3, -0.25) is 4.79 Å². The van der Waals surface area contributed by atoms with Crippen molar-refractivity contribution in [3.05, 3.63) is 23.8 Å². The minimum atomic E-state index is 0.0162. The number of nitrogen functional groups attached to an aromatic ring is 1. The number of carbonyl (C=O) groups excluding carboxylic acids is 1. The number of carbonyl (C=O) groups is 1. The van der Waals surface area contributed by atoms with E-state index in [0.29, 0.717) is 11.6 Å². The lowest BCUT2D eigenvalue weighted by Crippen LogP contribution is -2.26. The maximum Gasteiger partial charge on any atom is 0.253 e. The van der Waals surface area contributed by atoms with Gasteiger partial charge in [-0.25, -0.2) is 0 Å². The van der Waals surface area contributed by atoms with Gasteiger partial charge in [-0.2, -0.15) is 0 Å². The molecule has 1 amide bonds. The van der Waals surface area contributed by atoms with Crippen LogP contribution in [0.25, 0.3) is 0 Å². The molecule has 0 saturated heterocycles. The van der Waals surface area contributed by atoms with Crippen LogP contribution < -0.4 is 11.1 Å². The molecule has 0 aliphatic heterocycles. The molecule has 4 heteroatoms. The summed E-state index contributed by atoms with van der Waals surface area (Å²) in [6.07, 6.45) is 5.30. The molecule has 2 saturated carbocycles. The average molecular weight is 273 g/mol. The van der Waals surface area contributed by atoms with Crippen LogP contribution in [0, 0.1) is 11.8 Å². The van der Waals surface area contributed by atoms with E-state index < -0.39 is 0 Å². The molecule has 3 rings (SSSR count). The third-order valence-electron chi connectivity index (χ3n) is 4.29. The molecule has 3 N–H and O–H groups in total. The monoisotopic (exact) mass is 273 g/mol. The number of anilines is 2. The number of nitrogens with two attached hydrogens (primary N) is 1. The van der Waals surface area contributed by atoms with Crippen molar-refractivity contribution in [2.24, 2.45) is 11.8 Å². The highest BCUT2D eigenvalue weighted by atomic mass is 16.2. The smallest absolute Gasteiger partial charge is 0.253 e. The third kappa shape index (κ3) is 2.74. The van der Waals surface area contributed by atoms with Crippen molar-refractivity contribution in [3.8, 4) is 0 Å². The van der Waals surface area contributed by atoms with Gasteiger partial charge in [-0.1, -0.05) is 0 Å². The van der Waals surface area contributed by atoms with Crippen molar-refractivity contribution < 1.29 is 4.79 Å². The lowest BCUT2D eigenvalue weighted by Gasteiger charge is -2.21.